The summed E-state index contributed by atoms with van der Waals surface area (Å²) >= 11 is 0. The van der Waals surface area contributed by atoms with E-state index in [2.05, 4.69) is 13.2 Å². The van der Waals surface area contributed by atoms with Gasteiger partial charge < -0.3 is 24.4 Å². The van der Waals surface area contributed by atoms with Crippen molar-refractivity contribution < 1.29 is 29.0 Å². The third-order valence-corrected chi connectivity index (χ3v) is 9.65. The molecule has 6 atom stereocenters. The van der Waals surface area contributed by atoms with Crippen molar-refractivity contribution in [3.8, 4) is 0 Å². The lowest BCUT2D eigenvalue weighted by Gasteiger charge is -2.40. The molecule has 1 N–H and O–H groups in total. The number of likely N-dealkylation sites (tertiary alicyclic amines) is 1. The number of allylic oxidation sites excluding steroid dienone is 1. The predicted molar refractivity (Wildman–Crippen MR) is 169 cm³/mol. The Balaban J connectivity index is 1.60. The number of aliphatic hydroxyl groups excluding tert-OH is 1. The van der Waals surface area contributed by atoms with Gasteiger partial charge in [0.15, 0.2) is 0 Å². The van der Waals surface area contributed by atoms with Crippen molar-refractivity contribution in [3.05, 3.63) is 90.5 Å². The summed E-state index contributed by atoms with van der Waals surface area (Å²) in [4.78, 5) is 46.5. The molecule has 2 unspecified atom stereocenters. The number of rotatable bonds is 13. The molecular weight excluding hydrogens is 556 g/mol. The molecule has 3 saturated heterocycles. The highest BCUT2D eigenvalue weighted by molar-refractivity contribution is 6.05. The van der Waals surface area contributed by atoms with Crippen LogP contribution in [0, 0.1) is 25.7 Å². The molecule has 0 aromatic heterocycles. The number of esters is 1. The Bertz CT molecular complexity index is 1420. The van der Waals surface area contributed by atoms with Gasteiger partial charge >= 0.3 is 5.97 Å². The second kappa shape index (κ2) is 12.7. The van der Waals surface area contributed by atoms with Gasteiger partial charge in [-0.2, -0.15) is 0 Å². The number of unbranched alkanes of at least 4 members (excludes halogenated alkanes) is 1. The topological polar surface area (TPSA) is 96.4 Å². The number of fused-ring (bicyclic) bond motifs is 1. The van der Waals surface area contributed by atoms with Gasteiger partial charge in [-0.05, 0) is 75.6 Å². The average Bonchev–Trinajstić information content (AvgIpc) is 3.59. The molecule has 2 aromatic rings. The lowest BCUT2D eigenvalue weighted by molar-refractivity contribution is -0.160. The van der Waals surface area contributed by atoms with Crippen molar-refractivity contribution >= 4 is 23.5 Å². The number of aliphatic hydroxyl groups is 1. The van der Waals surface area contributed by atoms with Gasteiger partial charge in [0.25, 0.3) is 5.91 Å². The summed E-state index contributed by atoms with van der Waals surface area (Å²) in [5.74, 6) is -2.92. The van der Waals surface area contributed by atoms with Gasteiger partial charge in [-0.1, -0.05) is 54.6 Å². The number of benzene rings is 2. The molecule has 2 bridgehead atoms. The normalized spacial score (nSPS) is 27.6. The fourth-order valence-corrected chi connectivity index (χ4v) is 7.62. The molecule has 1 spiro atoms. The zero-order chi connectivity index (χ0) is 31.6. The zero-order valence-corrected chi connectivity index (χ0v) is 26.0. The highest BCUT2D eigenvalue weighted by Gasteiger charge is 2.79. The first-order chi connectivity index (χ1) is 21.1. The molecule has 0 saturated carbocycles. The highest BCUT2D eigenvalue weighted by atomic mass is 16.6. The van der Waals surface area contributed by atoms with E-state index in [9.17, 15) is 19.5 Å². The van der Waals surface area contributed by atoms with Gasteiger partial charge in [0.2, 0.25) is 5.91 Å². The van der Waals surface area contributed by atoms with E-state index in [4.69, 9.17) is 9.47 Å². The van der Waals surface area contributed by atoms with E-state index >= 15 is 0 Å². The Morgan fingerprint density at radius 2 is 1.91 bits per heavy atom. The van der Waals surface area contributed by atoms with Crippen LogP contribution in [-0.2, 0) is 30.3 Å². The first-order valence-electron chi connectivity index (χ1n) is 15.6. The minimum Gasteiger partial charge on any atom is -0.465 e. The summed E-state index contributed by atoms with van der Waals surface area (Å²) in [6.07, 6.45) is 6.06. The Hall–Kier alpha value is -3.75. The van der Waals surface area contributed by atoms with Crippen molar-refractivity contribution in [2.45, 2.75) is 76.2 Å². The maximum atomic E-state index is 15.0. The summed E-state index contributed by atoms with van der Waals surface area (Å²) in [6.45, 7) is 13.5. The van der Waals surface area contributed by atoms with E-state index < -0.39 is 41.1 Å². The molecule has 3 heterocycles. The van der Waals surface area contributed by atoms with E-state index in [0.29, 0.717) is 32.1 Å². The largest absolute Gasteiger partial charge is 0.465 e. The fourth-order valence-electron chi connectivity index (χ4n) is 7.62. The first-order valence-corrected chi connectivity index (χ1v) is 15.6. The minimum absolute atomic E-state index is 0.213. The van der Waals surface area contributed by atoms with E-state index in [1.807, 2.05) is 69.3 Å². The first kappa shape index (κ1) is 31.7. The average molecular weight is 601 g/mol. The Labute approximate surface area is 260 Å². The smallest absolute Gasteiger partial charge is 0.312 e. The maximum Gasteiger partial charge on any atom is 0.312 e. The maximum absolute atomic E-state index is 15.0. The highest BCUT2D eigenvalue weighted by Crippen LogP contribution is 2.64. The summed E-state index contributed by atoms with van der Waals surface area (Å²) in [5.41, 5.74) is 1.36. The van der Waals surface area contributed by atoms with Crippen LogP contribution in [0.25, 0.3) is 0 Å². The second-order valence-electron chi connectivity index (χ2n) is 12.6. The molecule has 3 fully saturated rings. The van der Waals surface area contributed by atoms with Crippen LogP contribution in [0.2, 0.25) is 0 Å². The minimum atomic E-state index is -1.24. The predicted octanol–water partition coefficient (Wildman–Crippen LogP) is 4.70. The summed E-state index contributed by atoms with van der Waals surface area (Å²) in [6, 6.07) is 13.7. The number of hydrogen-bond donors (Lipinski definition) is 1. The lowest BCUT2D eigenvalue weighted by atomic mass is 9.66. The van der Waals surface area contributed by atoms with Crippen LogP contribution in [0.4, 0.5) is 5.69 Å². The number of anilines is 1. The molecule has 0 radical (unpaired) electrons. The summed E-state index contributed by atoms with van der Waals surface area (Å²) < 4.78 is 12.5. The van der Waals surface area contributed by atoms with Gasteiger partial charge in [-0.3, -0.25) is 14.4 Å². The van der Waals surface area contributed by atoms with Crippen molar-refractivity contribution in [2.24, 2.45) is 11.8 Å². The molecular formula is C36H44N2O6. The lowest BCUT2D eigenvalue weighted by Crippen LogP contribution is -2.59. The SMILES string of the molecule is C=CCCCOC(=O)[C@H]1[C@H]2C(=O)N([C@@H](CO)Cc3ccccc3)C(C(=O)N(CC=C)c3cc(C)ccc3C)C23CC[C@]1(C)O3. The number of carbonyl (C=O) groups excluding carboxylic acids is 3. The standard InChI is InChI=1S/C36H44N2O6/c1-6-8-12-20-43-34(42)30-29-32(40)38(27(23-39)22-26-13-10-9-11-14-26)31(36(29)18-17-35(30,5)44-36)33(41)37(19-7-2)28-21-24(3)15-16-25(28)4/h6-7,9-11,13-16,21,27,29-31,39H,1-2,8,12,17-20,22-23H2,3-5H3/t27-,29+,30-,31?,35+,36?/m1/s1. The second-order valence-corrected chi connectivity index (χ2v) is 12.6. The molecule has 3 aliphatic rings. The van der Waals surface area contributed by atoms with Crippen LogP contribution in [0.1, 0.15) is 49.3 Å². The van der Waals surface area contributed by atoms with E-state index in [-0.39, 0.29) is 31.6 Å². The number of ether oxygens (including phenoxy) is 2. The third kappa shape index (κ3) is 5.39. The Morgan fingerprint density at radius 1 is 1.16 bits per heavy atom. The fraction of sp³-hybridized carbons (Fsp3) is 0.472. The van der Waals surface area contributed by atoms with Crippen LogP contribution >= 0.6 is 0 Å². The number of aryl methyl sites for hydroxylation is 2. The van der Waals surface area contributed by atoms with Crippen LogP contribution in [0.3, 0.4) is 0 Å². The Morgan fingerprint density at radius 3 is 2.59 bits per heavy atom. The number of nitrogens with zero attached hydrogens (tertiary/aromatic N) is 2. The van der Waals surface area contributed by atoms with Crippen LogP contribution in [-0.4, -0.2) is 70.8 Å². The molecule has 234 valence electrons. The summed E-state index contributed by atoms with van der Waals surface area (Å²) in [7, 11) is 0. The van der Waals surface area contributed by atoms with Crippen molar-refractivity contribution in [2.75, 3.05) is 24.7 Å². The van der Waals surface area contributed by atoms with Gasteiger partial charge in [0.1, 0.15) is 17.6 Å². The van der Waals surface area contributed by atoms with Crippen molar-refractivity contribution in [1.82, 2.24) is 4.90 Å². The van der Waals surface area contributed by atoms with Crippen LogP contribution in [0.15, 0.2) is 73.8 Å². The quantitative estimate of drug-likeness (QED) is 0.204. The van der Waals surface area contributed by atoms with Gasteiger partial charge in [-0.25, -0.2) is 0 Å². The van der Waals surface area contributed by atoms with Gasteiger partial charge in [0, 0.05) is 12.2 Å². The number of carbonyl (C=O) groups is 3. The molecule has 8 nitrogen and oxygen atoms in total. The number of hydrogen-bond acceptors (Lipinski definition) is 6. The zero-order valence-electron chi connectivity index (χ0n) is 26.0. The van der Waals surface area contributed by atoms with Crippen LogP contribution in [0.5, 0.6) is 0 Å². The third-order valence-electron chi connectivity index (χ3n) is 9.65. The van der Waals surface area contributed by atoms with E-state index in [1.54, 1.807) is 17.1 Å². The molecule has 0 aliphatic carbocycles. The van der Waals surface area contributed by atoms with Crippen molar-refractivity contribution in [3.63, 3.8) is 0 Å². The van der Waals surface area contributed by atoms with Gasteiger partial charge in [-0.15, -0.1) is 13.2 Å². The van der Waals surface area contributed by atoms with Gasteiger partial charge in [0.05, 0.1) is 30.8 Å². The molecule has 5 rings (SSSR count). The molecule has 2 amide bonds. The monoisotopic (exact) mass is 600 g/mol. The Kier molecular flexibility index (Phi) is 9.14. The number of amides is 2. The molecule has 3 aliphatic heterocycles. The molecule has 2 aromatic carbocycles. The molecule has 44 heavy (non-hydrogen) atoms. The summed E-state index contributed by atoms with van der Waals surface area (Å²) in [5, 5.41) is 10.8. The van der Waals surface area contributed by atoms with E-state index in [0.717, 1.165) is 22.4 Å². The van der Waals surface area contributed by atoms with E-state index in [1.165, 1.54) is 4.90 Å². The van der Waals surface area contributed by atoms with Crippen molar-refractivity contribution in [1.29, 1.82) is 0 Å². The molecule has 8 heteroatoms. The van der Waals surface area contributed by atoms with Crippen LogP contribution < -0.4 is 4.90 Å².